The van der Waals surface area contributed by atoms with E-state index in [1.807, 2.05) is 60.7 Å². The van der Waals surface area contributed by atoms with Crippen LogP contribution in [0.25, 0.3) is 22.3 Å². The van der Waals surface area contributed by atoms with E-state index < -0.39 is 0 Å². The van der Waals surface area contributed by atoms with Crippen LogP contribution in [0, 0.1) is 5.92 Å². The van der Waals surface area contributed by atoms with E-state index in [0.29, 0.717) is 5.92 Å². The van der Waals surface area contributed by atoms with E-state index in [0.717, 1.165) is 59.1 Å². The Kier molecular flexibility index (Phi) is 6.32. The molecule has 0 amide bonds. The summed E-state index contributed by atoms with van der Waals surface area (Å²) in [5.74, 6) is 4.13. The fourth-order valence-electron chi connectivity index (χ4n) is 5.02. The summed E-state index contributed by atoms with van der Waals surface area (Å²) in [4.78, 5) is 12.4. The molecule has 4 nitrogen and oxygen atoms in total. The molecule has 0 spiro atoms. The molecule has 0 N–H and O–H groups in total. The molecule has 0 unspecified atom stereocenters. The van der Waals surface area contributed by atoms with Gasteiger partial charge in [0.25, 0.3) is 0 Å². The van der Waals surface area contributed by atoms with Gasteiger partial charge in [0.2, 0.25) is 0 Å². The summed E-state index contributed by atoms with van der Waals surface area (Å²) in [6, 6.07) is 37.1. The number of piperidine rings is 1. The normalized spacial score (nSPS) is 14.2. The van der Waals surface area contributed by atoms with Gasteiger partial charge in [-0.3, -0.25) is 0 Å². The average molecular weight is 472 g/mol. The summed E-state index contributed by atoms with van der Waals surface area (Å²) in [5, 5.41) is 1.12. The maximum atomic E-state index is 5.96. The lowest BCUT2D eigenvalue weighted by Gasteiger charge is -2.33. The summed E-state index contributed by atoms with van der Waals surface area (Å²) in [7, 11) is 0. The molecule has 178 valence electrons. The van der Waals surface area contributed by atoms with Crippen LogP contribution in [0.5, 0.6) is 11.5 Å². The largest absolute Gasteiger partial charge is 0.457 e. The predicted molar refractivity (Wildman–Crippen MR) is 147 cm³/mol. The van der Waals surface area contributed by atoms with Gasteiger partial charge in [-0.1, -0.05) is 60.7 Å². The third-order valence-electron chi connectivity index (χ3n) is 6.96. The Balaban J connectivity index is 1.23. The van der Waals surface area contributed by atoms with Crippen LogP contribution in [-0.2, 0) is 6.42 Å². The molecule has 1 aliphatic heterocycles. The highest BCUT2D eigenvalue weighted by molar-refractivity contribution is 5.91. The smallest absolute Gasteiger partial charge is 0.162 e. The first kappa shape index (κ1) is 22.3. The fourth-order valence-corrected chi connectivity index (χ4v) is 5.02. The van der Waals surface area contributed by atoms with Crippen LogP contribution in [0.3, 0.4) is 0 Å². The lowest BCUT2D eigenvalue weighted by molar-refractivity contribution is 0.403. The zero-order chi connectivity index (χ0) is 24.2. The lowest BCUT2D eigenvalue weighted by Crippen LogP contribution is -2.35. The molecule has 0 bridgehead atoms. The van der Waals surface area contributed by atoms with E-state index >= 15 is 0 Å². The number of ether oxygens (including phenoxy) is 1. The van der Waals surface area contributed by atoms with Crippen LogP contribution in [0.1, 0.15) is 18.4 Å². The second-order valence-corrected chi connectivity index (χ2v) is 9.45. The van der Waals surface area contributed by atoms with Crippen LogP contribution in [0.15, 0.2) is 109 Å². The molecule has 0 atom stereocenters. The summed E-state index contributed by atoms with van der Waals surface area (Å²) in [6.07, 6.45) is 3.50. The average Bonchev–Trinajstić information content (AvgIpc) is 2.94. The maximum absolute atomic E-state index is 5.96. The Hall–Kier alpha value is -4.18. The summed E-state index contributed by atoms with van der Waals surface area (Å²) in [6.45, 7) is 2.03. The molecule has 36 heavy (non-hydrogen) atoms. The van der Waals surface area contributed by atoms with Crippen molar-refractivity contribution in [2.45, 2.75) is 19.3 Å². The molecule has 1 aliphatic rings. The van der Waals surface area contributed by atoms with Gasteiger partial charge in [-0.2, -0.15) is 0 Å². The lowest BCUT2D eigenvalue weighted by atomic mass is 9.90. The van der Waals surface area contributed by atoms with Crippen molar-refractivity contribution < 1.29 is 4.74 Å². The van der Waals surface area contributed by atoms with Crippen LogP contribution in [0.2, 0.25) is 0 Å². The minimum absolute atomic E-state index is 0.716. The number of para-hydroxylation sites is 2. The van der Waals surface area contributed by atoms with E-state index in [-0.39, 0.29) is 0 Å². The van der Waals surface area contributed by atoms with Gasteiger partial charge in [0.05, 0.1) is 5.52 Å². The van der Waals surface area contributed by atoms with Crippen LogP contribution >= 0.6 is 0 Å². The number of nitrogens with zero attached hydrogens (tertiary/aromatic N) is 3. The zero-order valence-corrected chi connectivity index (χ0v) is 20.3. The Morgan fingerprint density at radius 3 is 2.06 bits per heavy atom. The van der Waals surface area contributed by atoms with Gasteiger partial charge in [-0.25, -0.2) is 9.97 Å². The van der Waals surface area contributed by atoms with Crippen LogP contribution in [-0.4, -0.2) is 23.1 Å². The van der Waals surface area contributed by atoms with Crippen LogP contribution < -0.4 is 9.64 Å². The second kappa shape index (κ2) is 10.2. The van der Waals surface area contributed by atoms with E-state index in [1.165, 1.54) is 18.4 Å². The molecular formula is C32H29N3O. The molecule has 0 saturated carbocycles. The molecular weight excluding hydrogens is 442 g/mol. The number of hydrogen-bond donors (Lipinski definition) is 0. The van der Waals surface area contributed by atoms with Crippen molar-refractivity contribution in [1.82, 2.24) is 9.97 Å². The third kappa shape index (κ3) is 4.94. The van der Waals surface area contributed by atoms with Gasteiger partial charge < -0.3 is 9.64 Å². The van der Waals surface area contributed by atoms with E-state index in [9.17, 15) is 0 Å². The molecule has 4 aromatic carbocycles. The monoisotopic (exact) mass is 471 g/mol. The first-order valence-electron chi connectivity index (χ1n) is 12.7. The zero-order valence-electron chi connectivity index (χ0n) is 20.3. The molecule has 0 aliphatic carbocycles. The second-order valence-electron chi connectivity index (χ2n) is 9.45. The van der Waals surface area contributed by atoms with Crippen molar-refractivity contribution in [1.29, 1.82) is 0 Å². The van der Waals surface area contributed by atoms with E-state index in [1.54, 1.807) is 0 Å². The summed E-state index contributed by atoms with van der Waals surface area (Å²) < 4.78 is 5.96. The minimum atomic E-state index is 0.716. The highest BCUT2D eigenvalue weighted by atomic mass is 16.5. The predicted octanol–water partition coefficient (Wildman–Crippen LogP) is 7.55. The fraction of sp³-hybridized carbons (Fsp3) is 0.188. The van der Waals surface area contributed by atoms with Crippen molar-refractivity contribution in [2.24, 2.45) is 5.92 Å². The van der Waals surface area contributed by atoms with Gasteiger partial charge in [-0.15, -0.1) is 0 Å². The topological polar surface area (TPSA) is 38.2 Å². The molecule has 6 rings (SSSR count). The van der Waals surface area contributed by atoms with Crippen molar-refractivity contribution in [3.63, 3.8) is 0 Å². The van der Waals surface area contributed by atoms with E-state index in [4.69, 9.17) is 14.7 Å². The third-order valence-corrected chi connectivity index (χ3v) is 6.96. The number of fused-ring (bicyclic) bond motifs is 1. The number of aromatic nitrogens is 2. The van der Waals surface area contributed by atoms with Gasteiger partial charge in [0, 0.05) is 24.0 Å². The molecule has 1 saturated heterocycles. The molecule has 2 heterocycles. The Morgan fingerprint density at radius 2 is 1.31 bits per heavy atom. The van der Waals surface area contributed by atoms with Gasteiger partial charge >= 0.3 is 0 Å². The number of benzene rings is 4. The van der Waals surface area contributed by atoms with Crippen molar-refractivity contribution in [3.8, 4) is 22.9 Å². The minimum Gasteiger partial charge on any atom is -0.457 e. The first-order chi connectivity index (χ1) is 17.8. The molecule has 1 aromatic heterocycles. The molecule has 1 fully saturated rings. The van der Waals surface area contributed by atoms with E-state index in [2.05, 4.69) is 53.4 Å². The number of rotatable bonds is 6. The summed E-state index contributed by atoms with van der Waals surface area (Å²) >= 11 is 0. The Labute approximate surface area is 212 Å². The van der Waals surface area contributed by atoms with Crippen molar-refractivity contribution in [2.75, 3.05) is 18.0 Å². The highest BCUT2D eigenvalue weighted by Crippen LogP contribution is 2.32. The molecule has 0 radical (unpaired) electrons. The highest BCUT2D eigenvalue weighted by Gasteiger charge is 2.23. The maximum Gasteiger partial charge on any atom is 0.162 e. The number of hydrogen-bond acceptors (Lipinski definition) is 4. The Morgan fingerprint density at radius 1 is 0.667 bits per heavy atom. The van der Waals surface area contributed by atoms with Crippen LogP contribution in [0.4, 0.5) is 5.82 Å². The molecule has 4 heteroatoms. The quantitative estimate of drug-likeness (QED) is 0.256. The summed E-state index contributed by atoms with van der Waals surface area (Å²) in [5.41, 5.74) is 3.40. The standard InChI is InChI=1S/C32H29N3O/c1-3-9-24(10-4-1)23-25-19-21-35(22-20-25)32-29-13-7-8-14-30(29)33-31(34-32)26-15-17-28(18-16-26)36-27-11-5-2-6-12-27/h1-18,25H,19-23H2. The van der Waals surface area contributed by atoms with Crippen molar-refractivity contribution in [3.05, 3.63) is 115 Å². The van der Waals surface area contributed by atoms with Gasteiger partial charge in [0.1, 0.15) is 17.3 Å². The van der Waals surface area contributed by atoms with Gasteiger partial charge in [0.15, 0.2) is 5.82 Å². The first-order valence-corrected chi connectivity index (χ1v) is 12.7. The molecule has 5 aromatic rings. The SMILES string of the molecule is c1ccc(CC2CCN(c3nc(-c4ccc(Oc5ccccc5)cc4)nc4ccccc34)CC2)cc1. The number of anilines is 1. The Bertz CT molecular complexity index is 1430. The van der Waals surface area contributed by atoms with Crippen molar-refractivity contribution >= 4 is 16.7 Å². The van der Waals surface area contributed by atoms with Gasteiger partial charge in [-0.05, 0) is 79.3 Å².